The molecule has 0 saturated heterocycles. The van der Waals surface area contributed by atoms with E-state index in [1.165, 1.54) is 12.1 Å². The summed E-state index contributed by atoms with van der Waals surface area (Å²) in [6.07, 6.45) is 0.892. The number of nitrogens with zero attached hydrogens (tertiary/aromatic N) is 1. The van der Waals surface area contributed by atoms with E-state index in [1.807, 2.05) is 20.8 Å². The molecule has 0 aliphatic rings. The second kappa shape index (κ2) is 4.70. The zero-order valence-corrected chi connectivity index (χ0v) is 10.3. The molecule has 1 aromatic rings. The summed E-state index contributed by atoms with van der Waals surface area (Å²) in [5.74, 6) is -0.529. The molecule has 0 unspecified atom stereocenters. The molecule has 2 N–H and O–H groups in total. The van der Waals surface area contributed by atoms with Gasteiger partial charge in [0.25, 0.3) is 0 Å². The van der Waals surface area contributed by atoms with Crippen molar-refractivity contribution in [3.8, 4) is 0 Å². The second-order valence-electron chi connectivity index (χ2n) is 4.23. The lowest BCUT2D eigenvalue weighted by molar-refractivity contribution is 0.0697. The van der Waals surface area contributed by atoms with Crippen LogP contribution in [0, 0.1) is 0 Å². The van der Waals surface area contributed by atoms with Gasteiger partial charge < -0.3 is 10.4 Å². The Labute approximate surface area is 99.6 Å². The molecule has 0 spiro atoms. The van der Waals surface area contributed by atoms with Crippen molar-refractivity contribution in [2.24, 2.45) is 0 Å². The second-order valence-corrected chi connectivity index (χ2v) is 4.62. The quantitative estimate of drug-likeness (QED) is 0.797. The zero-order chi connectivity index (χ0) is 12.3. The van der Waals surface area contributed by atoms with Crippen molar-refractivity contribution in [2.75, 3.05) is 5.32 Å². The van der Waals surface area contributed by atoms with E-state index >= 15 is 0 Å². The van der Waals surface area contributed by atoms with Crippen LogP contribution in [0.2, 0.25) is 5.15 Å². The van der Waals surface area contributed by atoms with E-state index in [-0.39, 0.29) is 16.3 Å². The Morgan fingerprint density at radius 2 is 2.19 bits per heavy atom. The smallest absolute Gasteiger partial charge is 0.335 e. The molecule has 4 nitrogen and oxygen atoms in total. The molecule has 5 heteroatoms. The van der Waals surface area contributed by atoms with Crippen molar-refractivity contribution in [3.63, 3.8) is 0 Å². The predicted molar refractivity (Wildman–Crippen MR) is 64.2 cm³/mol. The molecule has 0 saturated carbocycles. The number of aromatic carboxylic acids is 1. The van der Waals surface area contributed by atoms with Crippen molar-refractivity contribution >= 4 is 23.4 Å². The van der Waals surface area contributed by atoms with Gasteiger partial charge in [0.15, 0.2) is 0 Å². The third-order valence-corrected chi connectivity index (χ3v) is 2.59. The number of nitrogens with one attached hydrogen (secondary N) is 1. The van der Waals surface area contributed by atoms with Gasteiger partial charge in [0.05, 0.1) is 5.56 Å². The van der Waals surface area contributed by atoms with Gasteiger partial charge in [-0.3, -0.25) is 0 Å². The van der Waals surface area contributed by atoms with E-state index in [0.29, 0.717) is 5.82 Å². The molecule has 0 bridgehead atoms. The zero-order valence-electron chi connectivity index (χ0n) is 9.54. The van der Waals surface area contributed by atoms with E-state index in [4.69, 9.17) is 16.7 Å². The van der Waals surface area contributed by atoms with E-state index < -0.39 is 5.97 Å². The van der Waals surface area contributed by atoms with Crippen LogP contribution in [-0.2, 0) is 0 Å². The van der Waals surface area contributed by atoms with Crippen LogP contribution in [-0.4, -0.2) is 21.6 Å². The average molecular weight is 243 g/mol. The van der Waals surface area contributed by atoms with Crippen LogP contribution in [0.15, 0.2) is 12.1 Å². The highest BCUT2D eigenvalue weighted by Crippen LogP contribution is 2.20. The fourth-order valence-corrected chi connectivity index (χ4v) is 1.33. The summed E-state index contributed by atoms with van der Waals surface area (Å²) < 4.78 is 0. The van der Waals surface area contributed by atoms with Crippen LogP contribution in [0.5, 0.6) is 0 Å². The maximum atomic E-state index is 10.8. The fourth-order valence-electron chi connectivity index (χ4n) is 1.12. The average Bonchev–Trinajstić information content (AvgIpc) is 2.16. The summed E-state index contributed by atoms with van der Waals surface area (Å²) in [6.45, 7) is 6.06. The van der Waals surface area contributed by atoms with E-state index in [2.05, 4.69) is 10.3 Å². The third kappa shape index (κ3) is 3.38. The molecule has 0 aromatic carbocycles. The molecule has 1 heterocycles. The van der Waals surface area contributed by atoms with Crippen molar-refractivity contribution in [2.45, 2.75) is 32.7 Å². The van der Waals surface area contributed by atoms with Gasteiger partial charge in [0.2, 0.25) is 0 Å². The summed E-state index contributed by atoms with van der Waals surface area (Å²) in [5.41, 5.74) is -0.0117. The first-order chi connectivity index (χ1) is 7.34. The number of hydrogen-bond acceptors (Lipinski definition) is 3. The summed E-state index contributed by atoms with van der Waals surface area (Å²) in [5, 5.41) is 12.2. The number of rotatable bonds is 4. The van der Waals surface area contributed by atoms with Crippen LogP contribution in [0.3, 0.4) is 0 Å². The standard InChI is InChI=1S/C11H15ClN2O2/c1-4-11(2,3)14-9-6-7(10(15)16)5-8(12)13-9/h5-6H,4H2,1-3H3,(H,13,14)(H,15,16). The van der Waals surface area contributed by atoms with Gasteiger partial charge in [0.1, 0.15) is 11.0 Å². The number of anilines is 1. The van der Waals surface area contributed by atoms with Crippen LogP contribution in [0.1, 0.15) is 37.6 Å². The number of pyridine rings is 1. The third-order valence-electron chi connectivity index (χ3n) is 2.39. The minimum absolute atomic E-state index is 0.134. The normalized spacial score (nSPS) is 11.2. The molecule has 0 aliphatic carbocycles. The summed E-state index contributed by atoms with van der Waals surface area (Å²) in [4.78, 5) is 14.9. The number of halogens is 1. The molecule has 0 aliphatic heterocycles. The predicted octanol–water partition coefficient (Wildman–Crippen LogP) is 3.03. The Hall–Kier alpha value is -1.29. The van der Waals surface area contributed by atoms with Crippen molar-refractivity contribution in [1.29, 1.82) is 0 Å². The first-order valence-electron chi connectivity index (χ1n) is 5.03. The topological polar surface area (TPSA) is 62.2 Å². The highest BCUT2D eigenvalue weighted by atomic mass is 35.5. The first kappa shape index (κ1) is 12.8. The minimum Gasteiger partial charge on any atom is -0.478 e. The molecule has 88 valence electrons. The molecule has 0 fully saturated rings. The molecular formula is C11H15ClN2O2. The number of carbonyl (C=O) groups is 1. The van der Waals surface area contributed by atoms with Gasteiger partial charge in [-0.25, -0.2) is 9.78 Å². The highest BCUT2D eigenvalue weighted by molar-refractivity contribution is 6.29. The van der Waals surface area contributed by atoms with Crippen LogP contribution < -0.4 is 5.32 Å². The number of carboxylic acid groups (broad SMARTS) is 1. The Balaban J connectivity index is 3.01. The van der Waals surface area contributed by atoms with Crippen molar-refractivity contribution in [1.82, 2.24) is 4.98 Å². The summed E-state index contributed by atoms with van der Waals surface area (Å²) in [6, 6.07) is 2.81. The lowest BCUT2D eigenvalue weighted by Crippen LogP contribution is -2.30. The van der Waals surface area contributed by atoms with Gasteiger partial charge >= 0.3 is 5.97 Å². The van der Waals surface area contributed by atoms with E-state index in [0.717, 1.165) is 6.42 Å². The van der Waals surface area contributed by atoms with E-state index in [1.54, 1.807) is 0 Å². The van der Waals surface area contributed by atoms with E-state index in [9.17, 15) is 4.79 Å². The summed E-state index contributed by atoms with van der Waals surface area (Å²) in [7, 11) is 0. The number of aromatic nitrogens is 1. The molecule has 0 radical (unpaired) electrons. The maximum Gasteiger partial charge on any atom is 0.335 e. The fraction of sp³-hybridized carbons (Fsp3) is 0.455. The van der Waals surface area contributed by atoms with Gasteiger partial charge in [-0.2, -0.15) is 0 Å². The highest BCUT2D eigenvalue weighted by Gasteiger charge is 2.16. The summed E-state index contributed by atoms with van der Waals surface area (Å²) >= 11 is 5.75. The molecule has 1 rings (SSSR count). The monoisotopic (exact) mass is 242 g/mol. The molecule has 16 heavy (non-hydrogen) atoms. The molecule has 1 aromatic heterocycles. The maximum absolute atomic E-state index is 10.8. The Morgan fingerprint density at radius 3 is 2.69 bits per heavy atom. The lowest BCUT2D eigenvalue weighted by atomic mass is 10.0. The van der Waals surface area contributed by atoms with Gasteiger partial charge in [-0.15, -0.1) is 0 Å². The first-order valence-corrected chi connectivity index (χ1v) is 5.41. The van der Waals surface area contributed by atoms with Crippen LogP contribution >= 0.6 is 11.6 Å². The largest absolute Gasteiger partial charge is 0.478 e. The van der Waals surface area contributed by atoms with Crippen LogP contribution in [0.25, 0.3) is 0 Å². The SMILES string of the molecule is CCC(C)(C)Nc1cc(C(=O)O)cc(Cl)n1. The van der Waals surface area contributed by atoms with Gasteiger partial charge in [-0.1, -0.05) is 18.5 Å². The molecule has 0 atom stereocenters. The Bertz CT molecular complexity index is 405. The minimum atomic E-state index is -1.01. The Kier molecular flexibility index (Phi) is 3.75. The number of hydrogen-bond donors (Lipinski definition) is 2. The van der Waals surface area contributed by atoms with Crippen molar-refractivity contribution in [3.05, 3.63) is 22.8 Å². The molecule has 0 amide bonds. The van der Waals surface area contributed by atoms with Gasteiger partial charge in [0, 0.05) is 5.54 Å². The molecular weight excluding hydrogens is 228 g/mol. The van der Waals surface area contributed by atoms with Crippen LogP contribution in [0.4, 0.5) is 5.82 Å². The lowest BCUT2D eigenvalue weighted by Gasteiger charge is -2.25. The Morgan fingerprint density at radius 1 is 1.56 bits per heavy atom. The van der Waals surface area contributed by atoms with Gasteiger partial charge in [-0.05, 0) is 32.4 Å². The number of carboxylic acids is 1. The van der Waals surface area contributed by atoms with Crippen molar-refractivity contribution < 1.29 is 9.90 Å².